The van der Waals surface area contributed by atoms with Crippen LogP contribution < -0.4 is 11.1 Å². The number of amides is 3. The molecule has 3 amide bonds. The number of urea groups is 1. The van der Waals surface area contributed by atoms with Crippen molar-refractivity contribution in [2.75, 3.05) is 11.9 Å². The summed E-state index contributed by atoms with van der Waals surface area (Å²) >= 11 is 6.12. The van der Waals surface area contributed by atoms with Crippen LogP contribution in [0.2, 0.25) is 5.02 Å². The first-order valence-corrected chi connectivity index (χ1v) is 11.1. The van der Waals surface area contributed by atoms with Crippen molar-refractivity contribution >= 4 is 29.2 Å². The highest BCUT2D eigenvalue weighted by molar-refractivity contribution is 6.30. The second kappa shape index (κ2) is 8.26. The van der Waals surface area contributed by atoms with Gasteiger partial charge in [0.15, 0.2) is 0 Å². The molecule has 3 aromatic rings. The number of nitrogens with zero attached hydrogens (tertiary/aromatic N) is 4. The Balaban J connectivity index is 1.40. The van der Waals surface area contributed by atoms with Gasteiger partial charge in [-0.25, -0.2) is 4.79 Å². The van der Waals surface area contributed by atoms with Crippen LogP contribution in [-0.4, -0.2) is 33.2 Å². The van der Waals surface area contributed by atoms with Gasteiger partial charge in [0.2, 0.25) is 0 Å². The third kappa shape index (κ3) is 4.03. The zero-order valence-electron chi connectivity index (χ0n) is 17.7. The van der Waals surface area contributed by atoms with Crippen LogP contribution in [0.5, 0.6) is 0 Å². The van der Waals surface area contributed by atoms with E-state index in [4.69, 9.17) is 17.3 Å². The van der Waals surface area contributed by atoms with E-state index in [9.17, 15) is 14.9 Å². The van der Waals surface area contributed by atoms with Gasteiger partial charge in [0.05, 0.1) is 36.0 Å². The molecule has 166 valence electrons. The van der Waals surface area contributed by atoms with Crippen LogP contribution in [0, 0.1) is 11.3 Å². The molecule has 0 radical (unpaired) electrons. The topological polar surface area (TPSA) is 117 Å². The van der Waals surface area contributed by atoms with Crippen molar-refractivity contribution in [3.8, 4) is 17.3 Å². The van der Waals surface area contributed by atoms with Gasteiger partial charge in [0, 0.05) is 22.8 Å². The fraction of sp³-hybridized carbons (Fsp3) is 0.250. The highest BCUT2D eigenvalue weighted by Gasteiger charge is 2.30. The Bertz CT molecular complexity index is 1320. The van der Waals surface area contributed by atoms with E-state index in [1.807, 2.05) is 12.1 Å². The molecule has 1 saturated carbocycles. The monoisotopic (exact) mass is 460 g/mol. The van der Waals surface area contributed by atoms with E-state index in [0.717, 1.165) is 18.4 Å². The summed E-state index contributed by atoms with van der Waals surface area (Å²) in [4.78, 5) is 27.0. The van der Waals surface area contributed by atoms with E-state index < -0.39 is 5.91 Å². The van der Waals surface area contributed by atoms with Crippen LogP contribution in [0.25, 0.3) is 11.3 Å². The first kappa shape index (κ1) is 21.0. The summed E-state index contributed by atoms with van der Waals surface area (Å²) in [5.41, 5.74) is 10.0. The summed E-state index contributed by atoms with van der Waals surface area (Å²) in [6, 6.07) is 14.4. The minimum absolute atomic E-state index is 0.198. The number of benzene rings is 2. The molecule has 2 aromatic carbocycles. The molecule has 1 aliphatic heterocycles. The Hall–Kier alpha value is -3.83. The molecule has 2 aliphatic rings. The predicted octanol–water partition coefficient (Wildman–Crippen LogP) is 4.10. The van der Waals surface area contributed by atoms with E-state index in [1.165, 1.54) is 0 Å². The van der Waals surface area contributed by atoms with Crippen LogP contribution in [0.1, 0.15) is 45.9 Å². The molecule has 8 nitrogen and oxygen atoms in total. The molecule has 1 aromatic heterocycles. The molecule has 2 heterocycles. The maximum Gasteiger partial charge on any atom is 0.322 e. The van der Waals surface area contributed by atoms with Gasteiger partial charge < -0.3 is 16.0 Å². The van der Waals surface area contributed by atoms with Gasteiger partial charge in [0.1, 0.15) is 5.69 Å². The molecule has 0 unspecified atom stereocenters. The van der Waals surface area contributed by atoms with Gasteiger partial charge in [-0.15, -0.1) is 0 Å². The van der Waals surface area contributed by atoms with E-state index in [-0.39, 0.29) is 12.6 Å². The van der Waals surface area contributed by atoms with E-state index >= 15 is 0 Å². The number of nitrogens with two attached hydrogens (primary N) is 1. The van der Waals surface area contributed by atoms with Gasteiger partial charge >= 0.3 is 6.03 Å². The summed E-state index contributed by atoms with van der Waals surface area (Å²) in [6.45, 7) is 1.06. The Morgan fingerprint density at radius 3 is 2.70 bits per heavy atom. The highest BCUT2D eigenvalue weighted by Crippen LogP contribution is 2.42. The third-order valence-electron chi connectivity index (χ3n) is 6.05. The van der Waals surface area contributed by atoms with Gasteiger partial charge in [0.25, 0.3) is 5.91 Å². The van der Waals surface area contributed by atoms with Crippen LogP contribution in [0.15, 0.2) is 42.5 Å². The Morgan fingerprint density at radius 1 is 1.18 bits per heavy atom. The van der Waals surface area contributed by atoms with E-state index in [2.05, 4.69) is 16.5 Å². The summed E-state index contributed by atoms with van der Waals surface area (Å²) in [6.07, 6.45) is 2.13. The molecule has 0 bridgehead atoms. The minimum atomic E-state index is -0.602. The quantitative estimate of drug-likeness (QED) is 0.609. The van der Waals surface area contributed by atoms with Gasteiger partial charge in [-0.05, 0) is 54.7 Å². The number of nitriles is 1. The number of nitrogens with one attached hydrogen (secondary N) is 1. The van der Waals surface area contributed by atoms with Gasteiger partial charge in [-0.1, -0.05) is 23.7 Å². The molecule has 1 aliphatic carbocycles. The Kier molecular flexibility index (Phi) is 5.27. The molecule has 3 N–H and O–H groups in total. The number of carbonyl (C=O) groups excluding carboxylic acids is 2. The largest absolute Gasteiger partial charge is 0.365 e. The van der Waals surface area contributed by atoms with Crippen LogP contribution in [-0.2, 0) is 13.1 Å². The zero-order valence-corrected chi connectivity index (χ0v) is 18.5. The number of carbonyl (C=O) groups is 2. The maximum absolute atomic E-state index is 13.0. The number of hydrogen-bond donors (Lipinski definition) is 2. The Labute approximate surface area is 195 Å². The summed E-state index contributed by atoms with van der Waals surface area (Å²) in [7, 11) is 0. The number of anilines is 1. The first-order chi connectivity index (χ1) is 15.9. The van der Waals surface area contributed by atoms with Crippen molar-refractivity contribution in [2.24, 2.45) is 5.73 Å². The SMILES string of the molecule is N#Cc1ccc(NC(=O)N2CCn3nc(-c4cccc(Cl)c4)c(C(N)=O)c3C2)cc1C1CC1. The number of fused-ring (bicyclic) bond motifs is 1. The molecule has 0 saturated heterocycles. The summed E-state index contributed by atoms with van der Waals surface area (Å²) in [5, 5.41) is 17.4. The van der Waals surface area contributed by atoms with Crippen molar-refractivity contribution in [1.29, 1.82) is 5.26 Å². The maximum atomic E-state index is 13.0. The molecule has 33 heavy (non-hydrogen) atoms. The van der Waals surface area contributed by atoms with Gasteiger partial charge in [-0.3, -0.25) is 9.48 Å². The van der Waals surface area contributed by atoms with Crippen LogP contribution in [0.3, 0.4) is 0 Å². The Morgan fingerprint density at radius 2 is 2.00 bits per heavy atom. The summed E-state index contributed by atoms with van der Waals surface area (Å²) < 4.78 is 1.73. The van der Waals surface area contributed by atoms with Crippen molar-refractivity contribution in [3.63, 3.8) is 0 Å². The lowest BCUT2D eigenvalue weighted by Crippen LogP contribution is -2.41. The molecular weight excluding hydrogens is 440 g/mol. The molecule has 9 heteroatoms. The summed E-state index contributed by atoms with van der Waals surface area (Å²) in [5.74, 6) is -0.210. The lowest BCUT2D eigenvalue weighted by molar-refractivity contribution is 0.0997. The number of primary amides is 1. The number of rotatable bonds is 4. The van der Waals surface area contributed by atoms with Crippen molar-refractivity contribution in [2.45, 2.75) is 31.8 Å². The second-order valence-corrected chi connectivity index (χ2v) is 8.74. The smallest absolute Gasteiger partial charge is 0.322 e. The average molecular weight is 461 g/mol. The fourth-order valence-electron chi connectivity index (χ4n) is 4.26. The molecular formula is C24H21ClN6O2. The van der Waals surface area contributed by atoms with Crippen LogP contribution in [0.4, 0.5) is 10.5 Å². The van der Waals surface area contributed by atoms with E-state index in [1.54, 1.807) is 39.9 Å². The van der Waals surface area contributed by atoms with Crippen molar-refractivity contribution in [3.05, 3.63) is 69.9 Å². The lowest BCUT2D eigenvalue weighted by atomic mass is 10.0. The first-order valence-electron chi connectivity index (χ1n) is 10.7. The van der Waals surface area contributed by atoms with Crippen molar-refractivity contribution < 1.29 is 9.59 Å². The van der Waals surface area contributed by atoms with Crippen molar-refractivity contribution in [1.82, 2.24) is 14.7 Å². The predicted molar refractivity (Wildman–Crippen MR) is 124 cm³/mol. The third-order valence-corrected chi connectivity index (χ3v) is 6.29. The molecule has 1 fully saturated rings. The highest BCUT2D eigenvalue weighted by atomic mass is 35.5. The minimum Gasteiger partial charge on any atom is -0.365 e. The standard InChI is InChI=1S/C24H21ClN6O2/c25-17-3-1-2-15(10-17)22-21(23(27)32)20-13-30(8-9-31(20)29-22)24(33)28-18-7-6-16(12-26)19(11-18)14-4-5-14/h1-3,6-7,10-11,14H,4-5,8-9,13H2,(H2,27,32)(H,28,33). The van der Waals surface area contributed by atoms with E-state index in [0.29, 0.717) is 57.8 Å². The zero-order chi connectivity index (χ0) is 23.1. The van der Waals surface area contributed by atoms with Gasteiger partial charge in [-0.2, -0.15) is 10.4 Å². The molecule has 5 rings (SSSR count). The number of aromatic nitrogens is 2. The lowest BCUT2D eigenvalue weighted by Gasteiger charge is -2.28. The second-order valence-electron chi connectivity index (χ2n) is 8.31. The normalized spacial score (nSPS) is 15.0. The number of halogens is 1. The fourth-order valence-corrected chi connectivity index (χ4v) is 4.46. The van der Waals surface area contributed by atoms with Crippen LogP contribution >= 0.6 is 11.6 Å². The molecule has 0 atom stereocenters. The average Bonchev–Trinajstić information content (AvgIpc) is 3.58. The number of hydrogen-bond acceptors (Lipinski definition) is 4. The molecule has 0 spiro atoms.